The maximum atomic E-state index is 11.9. The van der Waals surface area contributed by atoms with Gasteiger partial charge in [-0.05, 0) is 36.6 Å². The second-order valence-corrected chi connectivity index (χ2v) is 6.09. The van der Waals surface area contributed by atoms with Crippen LogP contribution in [0.1, 0.15) is 31.2 Å². The molecule has 1 fully saturated rings. The number of hydrogen-bond donors (Lipinski definition) is 3. The maximum absolute atomic E-state index is 11.9. The summed E-state index contributed by atoms with van der Waals surface area (Å²) in [4.78, 5) is 11.9. The molecule has 0 atom stereocenters. The number of hydrogen-bond acceptors (Lipinski definition) is 3. The van der Waals surface area contributed by atoms with Gasteiger partial charge < -0.3 is 15.7 Å². The maximum Gasteiger partial charge on any atom is 0.315 e. The summed E-state index contributed by atoms with van der Waals surface area (Å²) in [7, 11) is 0. The lowest BCUT2D eigenvalue weighted by Gasteiger charge is -2.22. The first-order valence-corrected chi connectivity index (χ1v) is 7.98. The van der Waals surface area contributed by atoms with Crippen LogP contribution in [0.5, 0.6) is 0 Å². The molecule has 1 heterocycles. The van der Waals surface area contributed by atoms with Gasteiger partial charge in [-0.2, -0.15) is 5.10 Å². The molecule has 2 amide bonds. The smallest absolute Gasteiger partial charge is 0.315 e. The normalized spacial score (nSPS) is 16.2. The summed E-state index contributed by atoms with van der Waals surface area (Å²) in [6.45, 7) is 0.742. The first-order valence-electron chi connectivity index (χ1n) is 7.98. The van der Waals surface area contributed by atoms with E-state index in [4.69, 9.17) is 0 Å². The first kappa shape index (κ1) is 15.6. The van der Waals surface area contributed by atoms with Crippen molar-refractivity contribution in [3.8, 4) is 5.69 Å². The number of rotatable bonds is 5. The highest BCUT2D eigenvalue weighted by molar-refractivity contribution is 5.73. The SMILES string of the molecule is O=C(NCc1cccc(-n2cccn2)c1)NCC1(O)CCCC1. The molecule has 0 bridgehead atoms. The van der Waals surface area contributed by atoms with Crippen molar-refractivity contribution in [2.75, 3.05) is 6.54 Å². The second kappa shape index (κ2) is 6.83. The molecule has 2 aromatic rings. The van der Waals surface area contributed by atoms with Crippen LogP contribution in [0.25, 0.3) is 5.69 Å². The molecule has 122 valence electrons. The molecule has 0 unspecified atom stereocenters. The minimum absolute atomic E-state index is 0.255. The van der Waals surface area contributed by atoms with Gasteiger partial charge in [-0.25, -0.2) is 9.48 Å². The number of benzene rings is 1. The monoisotopic (exact) mass is 314 g/mol. The molecule has 1 aliphatic rings. The highest BCUT2D eigenvalue weighted by atomic mass is 16.3. The fraction of sp³-hybridized carbons (Fsp3) is 0.412. The third-order valence-electron chi connectivity index (χ3n) is 4.24. The number of carbonyl (C=O) groups is 1. The Morgan fingerprint density at radius 1 is 1.26 bits per heavy atom. The highest BCUT2D eigenvalue weighted by Crippen LogP contribution is 2.28. The molecule has 23 heavy (non-hydrogen) atoms. The quantitative estimate of drug-likeness (QED) is 0.789. The molecule has 0 aliphatic heterocycles. The lowest BCUT2D eigenvalue weighted by molar-refractivity contribution is 0.0501. The van der Waals surface area contributed by atoms with Crippen molar-refractivity contribution in [1.82, 2.24) is 20.4 Å². The summed E-state index contributed by atoms with van der Waals surface area (Å²) in [5.41, 5.74) is 1.22. The molecule has 1 aromatic heterocycles. The van der Waals surface area contributed by atoms with Crippen LogP contribution in [-0.2, 0) is 6.54 Å². The van der Waals surface area contributed by atoms with Crippen LogP contribution in [0, 0.1) is 0 Å². The lowest BCUT2D eigenvalue weighted by Crippen LogP contribution is -2.44. The van der Waals surface area contributed by atoms with E-state index in [0.29, 0.717) is 13.1 Å². The second-order valence-electron chi connectivity index (χ2n) is 6.09. The summed E-state index contributed by atoms with van der Waals surface area (Å²) in [5.74, 6) is 0. The van der Waals surface area contributed by atoms with Crippen LogP contribution in [-0.4, -0.2) is 33.1 Å². The van der Waals surface area contributed by atoms with Crippen LogP contribution in [0.4, 0.5) is 4.79 Å². The summed E-state index contributed by atoms with van der Waals surface area (Å²) in [6.07, 6.45) is 7.19. The van der Waals surface area contributed by atoms with E-state index >= 15 is 0 Å². The highest BCUT2D eigenvalue weighted by Gasteiger charge is 2.31. The third kappa shape index (κ3) is 4.10. The average Bonchev–Trinajstić information content (AvgIpc) is 3.23. The van der Waals surface area contributed by atoms with Crippen molar-refractivity contribution < 1.29 is 9.90 Å². The first-order chi connectivity index (χ1) is 11.1. The van der Waals surface area contributed by atoms with Gasteiger partial charge in [0.2, 0.25) is 0 Å². The fourth-order valence-corrected chi connectivity index (χ4v) is 2.93. The van der Waals surface area contributed by atoms with Gasteiger partial charge in [0.05, 0.1) is 11.3 Å². The van der Waals surface area contributed by atoms with E-state index in [-0.39, 0.29) is 6.03 Å². The number of urea groups is 1. The summed E-state index contributed by atoms with van der Waals surface area (Å²) in [6, 6.07) is 9.45. The van der Waals surface area contributed by atoms with Crippen molar-refractivity contribution >= 4 is 6.03 Å². The minimum Gasteiger partial charge on any atom is -0.388 e. The van der Waals surface area contributed by atoms with Gasteiger partial charge in [-0.3, -0.25) is 0 Å². The molecule has 0 spiro atoms. The molecule has 6 nitrogen and oxygen atoms in total. The summed E-state index contributed by atoms with van der Waals surface area (Å²) >= 11 is 0. The van der Waals surface area contributed by atoms with Crippen molar-refractivity contribution in [3.05, 3.63) is 48.3 Å². The standard InChI is InChI=1S/C17H22N4O2/c22-16(19-13-17(23)7-1-2-8-17)18-12-14-5-3-6-15(11-14)21-10-4-9-20-21/h3-6,9-11,23H,1-2,7-8,12-13H2,(H2,18,19,22). The minimum atomic E-state index is -0.725. The Balaban J connectivity index is 1.50. The lowest BCUT2D eigenvalue weighted by atomic mass is 10.0. The number of aromatic nitrogens is 2. The summed E-state index contributed by atoms with van der Waals surface area (Å²) < 4.78 is 1.78. The molecule has 6 heteroatoms. The van der Waals surface area contributed by atoms with Crippen LogP contribution < -0.4 is 10.6 Å². The van der Waals surface area contributed by atoms with Crippen molar-refractivity contribution in [2.24, 2.45) is 0 Å². The molecular formula is C17H22N4O2. The molecule has 0 saturated heterocycles. The number of amides is 2. The number of aliphatic hydroxyl groups is 1. The van der Waals surface area contributed by atoms with Gasteiger partial charge >= 0.3 is 6.03 Å². The zero-order valence-electron chi connectivity index (χ0n) is 13.0. The predicted octanol–water partition coefficient (Wildman–Crippen LogP) is 1.98. The van der Waals surface area contributed by atoms with Crippen molar-refractivity contribution in [2.45, 2.75) is 37.8 Å². The largest absolute Gasteiger partial charge is 0.388 e. The van der Waals surface area contributed by atoms with Gasteiger partial charge in [-0.1, -0.05) is 25.0 Å². The van der Waals surface area contributed by atoms with Crippen molar-refractivity contribution in [3.63, 3.8) is 0 Å². The van der Waals surface area contributed by atoms with E-state index in [2.05, 4.69) is 15.7 Å². The Kier molecular flexibility index (Phi) is 4.62. The number of nitrogens with one attached hydrogen (secondary N) is 2. The molecule has 3 rings (SSSR count). The van der Waals surface area contributed by atoms with Gasteiger partial charge in [-0.15, -0.1) is 0 Å². The Hall–Kier alpha value is -2.34. The Morgan fingerprint density at radius 2 is 2.09 bits per heavy atom. The molecule has 1 aliphatic carbocycles. The summed E-state index contributed by atoms with van der Waals surface area (Å²) in [5, 5.41) is 20.0. The molecule has 1 aromatic carbocycles. The van der Waals surface area contributed by atoms with E-state index in [1.807, 2.05) is 36.5 Å². The van der Waals surface area contributed by atoms with E-state index in [0.717, 1.165) is 36.9 Å². The Morgan fingerprint density at radius 3 is 2.83 bits per heavy atom. The topological polar surface area (TPSA) is 79.2 Å². The molecule has 0 radical (unpaired) electrons. The van der Waals surface area contributed by atoms with E-state index < -0.39 is 5.60 Å². The van der Waals surface area contributed by atoms with Crippen LogP contribution in [0.15, 0.2) is 42.7 Å². The third-order valence-corrected chi connectivity index (χ3v) is 4.24. The predicted molar refractivity (Wildman–Crippen MR) is 87.2 cm³/mol. The Bertz CT molecular complexity index is 648. The Labute approximate surface area is 135 Å². The van der Waals surface area contributed by atoms with Crippen LogP contribution >= 0.6 is 0 Å². The number of nitrogens with zero attached hydrogens (tertiary/aromatic N) is 2. The fourth-order valence-electron chi connectivity index (χ4n) is 2.93. The van der Waals surface area contributed by atoms with Gasteiger partial charge in [0.15, 0.2) is 0 Å². The van der Waals surface area contributed by atoms with Gasteiger partial charge in [0, 0.05) is 25.5 Å². The van der Waals surface area contributed by atoms with E-state index in [9.17, 15) is 9.90 Å². The zero-order valence-corrected chi connectivity index (χ0v) is 13.0. The van der Waals surface area contributed by atoms with Gasteiger partial charge in [0.25, 0.3) is 0 Å². The molecular weight excluding hydrogens is 292 g/mol. The van der Waals surface area contributed by atoms with Crippen LogP contribution in [0.3, 0.4) is 0 Å². The molecule has 1 saturated carbocycles. The van der Waals surface area contributed by atoms with Crippen molar-refractivity contribution in [1.29, 1.82) is 0 Å². The van der Waals surface area contributed by atoms with E-state index in [1.54, 1.807) is 10.9 Å². The number of carbonyl (C=O) groups excluding carboxylic acids is 1. The van der Waals surface area contributed by atoms with E-state index in [1.165, 1.54) is 0 Å². The van der Waals surface area contributed by atoms with Gasteiger partial charge in [0.1, 0.15) is 0 Å². The zero-order chi connectivity index (χ0) is 16.1. The average molecular weight is 314 g/mol. The van der Waals surface area contributed by atoms with Crippen LogP contribution in [0.2, 0.25) is 0 Å². The molecule has 3 N–H and O–H groups in total.